The van der Waals surface area contributed by atoms with Crippen molar-refractivity contribution in [3.8, 4) is 11.4 Å². The van der Waals surface area contributed by atoms with Crippen LogP contribution >= 0.6 is 0 Å². The van der Waals surface area contributed by atoms with E-state index < -0.39 is 4.92 Å². The molecule has 2 aliphatic rings. The highest BCUT2D eigenvalue weighted by molar-refractivity contribution is 5.58. The van der Waals surface area contributed by atoms with Crippen LogP contribution in [0.5, 0.6) is 0 Å². The second-order valence-corrected chi connectivity index (χ2v) is 8.51. The average molecular weight is 415 g/mol. The van der Waals surface area contributed by atoms with Crippen molar-refractivity contribution in [2.24, 2.45) is 5.92 Å². The fourth-order valence-electron chi connectivity index (χ4n) is 4.51. The van der Waals surface area contributed by atoms with Crippen molar-refractivity contribution < 1.29 is 14.2 Å². The molecule has 4 rings (SSSR count). The Kier molecular flexibility index (Phi) is 6.40. The Bertz CT molecular complexity index is 855. The molecule has 2 fully saturated rings. The van der Waals surface area contributed by atoms with E-state index in [4.69, 9.17) is 9.26 Å². The summed E-state index contributed by atoms with van der Waals surface area (Å²) in [6.07, 6.45) is 2.94. The number of rotatable bonds is 6. The van der Waals surface area contributed by atoms with Crippen LogP contribution in [-0.2, 0) is 11.3 Å². The lowest BCUT2D eigenvalue weighted by atomic mass is 9.95. The molecule has 1 aromatic heterocycles. The molecule has 0 N–H and O–H groups in total. The maximum Gasteiger partial charge on any atom is 0.270 e. The number of nitrogens with zero attached hydrogens (tertiary/aromatic N) is 5. The average Bonchev–Trinajstić information content (AvgIpc) is 3.17. The first-order chi connectivity index (χ1) is 14.5. The van der Waals surface area contributed by atoms with Crippen LogP contribution in [0.3, 0.4) is 0 Å². The molecule has 0 amide bonds. The number of likely N-dealkylation sites (tertiary alicyclic amines) is 1. The number of hydrogen-bond donors (Lipinski definition) is 0. The monoisotopic (exact) mass is 415 g/mol. The Morgan fingerprint density at radius 1 is 1.17 bits per heavy atom. The van der Waals surface area contributed by atoms with Gasteiger partial charge in [0, 0.05) is 37.3 Å². The van der Waals surface area contributed by atoms with E-state index in [1.54, 1.807) is 12.1 Å². The number of aromatic nitrogens is 2. The van der Waals surface area contributed by atoms with E-state index in [9.17, 15) is 10.1 Å². The SMILES string of the molecule is CC1CN(CC2CCN(Cc3nc(-c4cccc([N+](=O)[O-])c4)no3)CC2)CC(C)O1. The number of morpholine rings is 1. The topological polar surface area (TPSA) is 97.8 Å². The van der Waals surface area contributed by atoms with Gasteiger partial charge in [0.1, 0.15) is 0 Å². The molecule has 0 aliphatic carbocycles. The fourth-order valence-corrected chi connectivity index (χ4v) is 4.51. The van der Waals surface area contributed by atoms with E-state index in [-0.39, 0.29) is 5.69 Å². The largest absolute Gasteiger partial charge is 0.373 e. The predicted molar refractivity (Wildman–Crippen MR) is 111 cm³/mol. The third kappa shape index (κ3) is 5.21. The van der Waals surface area contributed by atoms with Crippen molar-refractivity contribution in [3.63, 3.8) is 0 Å². The molecule has 0 saturated carbocycles. The highest BCUT2D eigenvalue weighted by atomic mass is 16.6. The van der Waals surface area contributed by atoms with Gasteiger partial charge in [-0.25, -0.2) is 0 Å². The molecule has 2 aliphatic heterocycles. The summed E-state index contributed by atoms with van der Waals surface area (Å²) in [4.78, 5) is 19.9. The molecule has 0 radical (unpaired) electrons. The lowest BCUT2D eigenvalue weighted by Gasteiger charge is -2.39. The van der Waals surface area contributed by atoms with Gasteiger partial charge in [0.05, 0.1) is 23.7 Å². The first-order valence-corrected chi connectivity index (χ1v) is 10.6. The van der Waals surface area contributed by atoms with Crippen LogP contribution in [0.25, 0.3) is 11.4 Å². The first kappa shape index (κ1) is 20.9. The zero-order chi connectivity index (χ0) is 21.1. The summed E-state index contributed by atoms with van der Waals surface area (Å²) in [5.74, 6) is 1.65. The number of piperidine rings is 1. The molecule has 2 saturated heterocycles. The maximum absolute atomic E-state index is 11.0. The van der Waals surface area contributed by atoms with Crippen molar-refractivity contribution in [1.82, 2.24) is 19.9 Å². The Morgan fingerprint density at radius 3 is 2.60 bits per heavy atom. The van der Waals surface area contributed by atoms with Crippen LogP contribution in [0.2, 0.25) is 0 Å². The van der Waals surface area contributed by atoms with Crippen LogP contribution in [-0.4, -0.2) is 69.8 Å². The lowest BCUT2D eigenvalue weighted by molar-refractivity contribution is -0.384. The molecule has 1 aromatic carbocycles. The highest BCUT2D eigenvalue weighted by Crippen LogP contribution is 2.24. The van der Waals surface area contributed by atoms with E-state index in [0.29, 0.717) is 41.9 Å². The van der Waals surface area contributed by atoms with Crippen molar-refractivity contribution in [1.29, 1.82) is 0 Å². The number of non-ortho nitro benzene ring substituents is 1. The normalized spacial score (nSPS) is 24.2. The number of nitro benzene ring substituents is 1. The second-order valence-electron chi connectivity index (χ2n) is 8.51. The summed E-state index contributed by atoms with van der Waals surface area (Å²) in [5.41, 5.74) is 0.608. The van der Waals surface area contributed by atoms with Gasteiger partial charge in [0.25, 0.3) is 5.69 Å². The Morgan fingerprint density at radius 2 is 1.90 bits per heavy atom. The van der Waals surface area contributed by atoms with Gasteiger partial charge >= 0.3 is 0 Å². The van der Waals surface area contributed by atoms with E-state index >= 15 is 0 Å². The minimum absolute atomic E-state index is 0.0185. The molecule has 9 heteroatoms. The minimum atomic E-state index is -0.424. The molecular formula is C21H29N5O4. The molecule has 162 valence electrons. The Labute approximate surface area is 176 Å². The molecular weight excluding hydrogens is 386 g/mol. The summed E-state index contributed by atoms with van der Waals surface area (Å²) in [6.45, 7) is 10.1. The van der Waals surface area contributed by atoms with Crippen molar-refractivity contribution in [3.05, 3.63) is 40.3 Å². The number of hydrogen-bond acceptors (Lipinski definition) is 8. The van der Waals surface area contributed by atoms with Gasteiger partial charge in [-0.2, -0.15) is 4.98 Å². The second kappa shape index (κ2) is 9.20. The summed E-state index contributed by atoms with van der Waals surface area (Å²) in [6, 6.07) is 6.30. The van der Waals surface area contributed by atoms with Crippen LogP contribution < -0.4 is 0 Å². The van der Waals surface area contributed by atoms with Crippen molar-refractivity contribution in [2.75, 3.05) is 32.7 Å². The molecule has 0 bridgehead atoms. The zero-order valence-electron chi connectivity index (χ0n) is 17.6. The molecule has 2 unspecified atom stereocenters. The summed E-state index contributed by atoms with van der Waals surface area (Å²) in [7, 11) is 0. The third-order valence-electron chi connectivity index (χ3n) is 5.86. The van der Waals surface area contributed by atoms with Gasteiger partial charge in [0.15, 0.2) is 0 Å². The molecule has 2 atom stereocenters. The van der Waals surface area contributed by atoms with Gasteiger partial charge in [-0.1, -0.05) is 17.3 Å². The standard InChI is InChI=1S/C21H29N5O4/c1-15-11-25(12-16(2)29-15)13-17-6-8-24(9-7-17)14-20-22-21(23-30-20)18-4-3-5-19(10-18)26(27)28/h3-5,10,15-17H,6-9,11-14H2,1-2H3. The smallest absolute Gasteiger partial charge is 0.270 e. The van der Waals surface area contributed by atoms with Gasteiger partial charge in [-0.05, 0) is 45.7 Å². The van der Waals surface area contributed by atoms with Gasteiger partial charge in [-0.15, -0.1) is 0 Å². The number of ether oxygens (including phenoxy) is 1. The van der Waals surface area contributed by atoms with Crippen molar-refractivity contribution >= 4 is 5.69 Å². The lowest BCUT2D eigenvalue weighted by Crippen LogP contribution is -2.48. The van der Waals surface area contributed by atoms with E-state index in [0.717, 1.165) is 45.6 Å². The van der Waals surface area contributed by atoms with Gasteiger partial charge in [-0.3, -0.25) is 19.9 Å². The van der Waals surface area contributed by atoms with E-state index in [1.807, 2.05) is 0 Å². The Balaban J connectivity index is 1.28. The quantitative estimate of drug-likeness (QED) is 0.525. The van der Waals surface area contributed by atoms with E-state index in [1.165, 1.54) is 12.1 Å². The van der Waals surface area contributed by atoms with Crippen LogP contribution in [0, 0.1) is 16.0 Å². The van der Waals surface area contributed by atoms with Crippen LogP contribution in [0.15, 0.2) is 28.8 Å². The fraction of sp³-hybridized carbons (Fsp3) is 0.619. The molecule has 3 heterocycles. The van der Waals surface area contributed by atoms with Gasteiger partial charge < -0.3 is 9.26 Å². The minimum Gasteiger partial charge on any atom is -0.373 e. The maximum atomic E-state index is 11.0. The number of benzene rings is 1. The van der Waals surface area contributed by atoms with E-state index in [2.05, 4.69) is 33.8 Å². The molecule has 30 heavy (non-hydrogen) atoms. The molecule has 9 nitrogen and oxygen atoms in total. The summed E-state index contributed by atoms with van der Waals surface area (Å²) >= 11 is 0. The summed E-state index contributed by atoms with van der Waals surface area (Å²) < 4.78 is 11.2. The molecule has 2 aromatic rings. The van der Waals surface area contributed by atoms with Crippen molar-refractivity contribution in [2.45, 2.75) is 45.4 Å². The highest BCUT2D eigenvalue weighted by Gasteiger charge is 2.27. The summed E-state index contributed by atoms with van der Waals surface area (Å²) in [5, 5.41) is 15.0. The third-order valence-corrected chi connectivity index (χ3v) is 5.86. The first-order valence-electron chi connectivity index (χ1n) is 10.6. The van der Waals surface area contributed by atoms with Crippen LogP contribution in [0.4, 0.5) is 5.69 Å². The Hall–Kier alpha value is -2.36. The molecule has 0 spiro atoms. The number of nitro groups is 1. The predicted octanol–water partition coefficient (Wildman–Crippen LogP) is 2.97. The van der Waals surface area contributed by atoms with Gasteiger partial charge in [0.2, 0.25) is 11.7 Å². The zero-order valence-corrected chi connectivity index (χ0v) is 17.6. The van der Waals surface area contributed by atoms with Crippen LogP contribution in [0.1, 0.15) is 32.6 Å².